The minimum atomic E-state index is -0.296. The van der Waals surface area contributed by atoms with Gasteiger partial charge < -0.3 is 10.1 Å². The predicted octanol–water partition coefficient (Wildman–Crippen LogP) is 4.91. The van der Waals surface area contributed by atoms with Crippen molar-refractivity contribution in [1.82, 2.24) is 14.9 Å². The molecule has 0 aliphatic heterocycles. The first-order chi connectivity index (χ1) is 13.5. The van der Waals surface area contributed by atoms with Crippen LogP contribution in [-0.2, 0) is 0 Å². The van der Waals surface area contributed by atoms with Gasteiger partial charge in [-0.05, 0) is 55.3 Å². The Morgan fingerprint density at radius 3 is 2.71 bits per heavy atom. The first-order valence-electron chi connectivity index (χ1n) is 8.70. The fraction of sp³-hybridized carbons (Fsp3) is 0.200. The fourth-order valence-electron chi connectivity index (χ4n) is 2.58. The number of amides is 1. The molecule has 0 fully saturated rings. The summed E-state index contributed by atoms with van der Waals surface area (Å²) in [6, 6.07) is 10.9. The molecular weight excluding hydrogens is 404 g/mol. The first-order valence-corrected chi connectivity index (χ1v) is 9.45. The van der Waals surface area contributed by atoms with E-state index in [4.69, 9.17) is 27.9 Å². The molecule has 1 N–H and O–H groups in total. The minimum Gasteiger partial charge on any atom is -0.494 e. The van der Waals surface area contributed by atoms with Crippen LogP contribution in [0.5, 0.6) is 5.75 Å². The third-order valence-corrected chi connectivity index (χ3v) is 4.42. The van der Waals surface area contributed by atoms with E-state index in [2.05, 4.69) is 10.3 Å². The number of halogens is 3. The van der Waals surface area contributed by atoms with Crippen LogP contribution in [0.4, 0.5) is 4.39 Å². The number of carbonyl (C=O) groups is 1. The average molecular weight is 422 g/mol. The van der Waals surface area contributed by atoms with Crippen LogP contribution < -0.4 is 10.1 Å². The van der Waals surface area contributed by atoms with Gasteiger partial charge >= 0.3 is 0 Å². The molecule has 0 saturated carbocycles. The topological polar surface area (TPSA) is 56.1 Å². The zero-order valence-electron chi connectivity index (χ0n) is 14.9. The SMILES string of the molecule is O=C(NCCCCOc1ccc(F)cc1)c1cccn1-c1ncc(Cl)cc1Cl. The Bertz CT molecular complexity index is 945. The monoisotopic (exact) mass is 421 g/mol. The first kappa shape index (κ1) is 20.2. The lowest BCUT2D eigenvalue weighted by Gasteiger charge is -2.11. The predicted molar refractivity (Wildman–Crippen MR) is 107 cm³/mol. The quantitative estimate of drug-likeness (QED) is 0.525. The molecule has 0 atom stereocenters. The molecule has 2 aromatic heterocycles. The summed E-state index contributed by atoms with van der Waals surface area (Å²) in [5.41, 5.74) is 0.430. The van der Waals surface area contributed by atoms with Gasteiger partial charge in [-0.25, -0.2) is 9.37 Å². The van der Waals surface area contributed by atoms with Gasteiger partial charge in [0.2, 0.25) is 0 Å². The Balaban J connectivity index is 1.47. The van der Waals surface area contributed by atoms with E-state index in [1.165, 1.54) is 18.3 Å². The fourth-order valence-corrected chi connectivity index (χ4v) is 3.05. The molecule has 0 bridgehead atoms. The number of carbonyl (C=O) groups excluding carboxylic acids is 1. The van der Waals surface area contributed by atoms with Gasteiger partial charge in [0.05, 0.1) is 16.7 Å². The number of hydrogen-bond acceptors (Lipinski definition) is 3. The molecule has 0 unspecified atom stereocenters. The molecule has 3 rings (SSSR count). The molecule has 3 aromatic rings. The second kappa shape index (κ2) is 9.57. The van der Waals surface area contributed by atoms with Crippen molar-refractivity contribution in [3.8, 4) is 11.6 Å². The van der Waals surface area contributed by atoms with Crippen molar-refractivity contribution in [2.75, 3.05) is 13.2 Å². The van der Waals surface area contributed by atoms with Crippen molar-refractivity contribution >= 4 is 29.1 Å². The molecule has 0 aliphatic carbocycles. The van der Waals surface area contributed by atoms with Gasteiger partial charge in [-0.1, -0.05) is 23.2 Å². The molecule has 0 saturated heterocycles. The van der Waals surface area contributed by atoms with E-state index in [-0.39, 0.29) is 11.7 Å². The van der Waals surface area contributed by atoms with Crippen LogP contribution in [0.25, 0.3) is 5.82 Å². The molecule has 0 spiro atoms. The van der Waals surface area contributed by atoms with Crippen LogP contribution in [-0.4, -0.2) is 28.6 Å². The Morgan fingerprint density at radius 2 is 1.96 bits per heavy atom. The van der Waals surface area contributed by atoms with Crippen molar-refractivity contribution in [2.24, 2.45) is 0 Å². The molecule has 1 aromatic carbocycles. The molecule has 28 heavy (non-hydrogen) atoms. The third kappa shape index (κ3) is 5.24. The summed E-state index contributed by atoms with van der Waals surface area (Å²) in [5.74, 6) is 0.539. The number of hydrogen-bond donors (Lipinski definition) is 1. The van der Waals surface area contributed by atoms with Gasteiger partial charge in [0.25, 0.3) is 5.91 Å². The van der Waals surface area contributed by atoms with Crippen molar-refractivity contribution in [2.45, 2.75) is 12.8 Å². The number of rotatable bonds is 8. The molecule has 0 radical (unpaired) electrons. The standard InChI is InChI=1S/C20H18Cl2FN3O2/c21-14-12-17(22)19(25-13-14)26-10-3-4-18(26)20(27)24-9-1-2-11-28-16-7-5-15(23)6-8-16/h3-8,10,12-13H,1-2,9,11H2,(H,24,27). The summed E-state index contributed by atoms with van der Waals surface area (Å²) in [6.07, 6.45) is 4.69. The lowest BCUT2D eigenvalue weighted by atomic mass is 10.3. The molecule has 146 valence electrons. The highest BCUT2D eigenvalue weighted by Crippen LogP contribution is 2.23. The zero-order valence-corrected chi connectivity index (χ0v) is 16.4. The smallest absolute Gasteiger partial charge is 0.268 e. The van der Waals surface area contributed by atoms with Crippen LogP contribution in [0, 0.1) is 5.82 Å². The van der Waals surface area contributed by atoms with E-state index >= 15 is 0 Å². The molecular formula is C20H18Cl2FN3O2. The Labute approximate surface area is 172 Å². The number of nitrogens with zero attached hydrogens (tertiary/aromatic N) is 2. The third-order valence-electron chi connectivity index (χ3n) is 3.94. The number of benzene rings is 1. The number of nitrogens with one attached hydrogen (secondary N) is 1. The summed E-state index contributed by atoms with van der Waals surface area (Å²) in [5, 5.41) is 3.65. The van der Waals surface area contributed by atoms with Crippen molar-refractivity contribution in [3.63, 3.8) is 0 Å². The van der Waals surface area contributed by atoms with Crippen LogP contribution in [0.2, 0.25) is 10.0 Å². The van der Waals surface area contributed by atoms with Gasteiger partial charge in [0.15, 0.2) is 5.82 Å². The van der Waals surface area contributed by atoms with E-state index < -0.39 is 0 Å². The zero-order chi connectivity index (χ0) is 19.9. The second-order valence-corrected chi connectivity index (χ2v) is 6.83. The van der Waals surface area contributed by atoms with Crippen LogP contribution in [0.1, 0.15) is 23.3 Å². The number of aromatic nitrogens is 2. The highest BCUT2D eigenvalue weighted by molar-refractivity contribution is 6.35. The maximum absolute atomic E-state index is 12.8. The minimum absolute atomic E-state index is 0.225. The lowest BCUT2D eigenvalue weighted by molar-refractivity contribution is 0.0945. The van der Waals surface area contributed by atoms with Crippen LogP contribution in [0.15, 0.2) is 54.9 Å². The normalized spacial score (nSPS) is 10.7. The molecule has 2 heterocycles. The average Bonchev–Trinajstić information content (AvgIpc) is 3.15. The van der Waals surface area contributed by atoms with Gasteiger partial charge in [0, 0.05) is 18.9 Å². The van der Waals surface area contributed by atoms with E-state index in [1.54, 1.807) is 41.1 Å². The number of unbranched alkanes of at least 4 members (excludes halogenated alkanes) is 1. The number of ether oxygens (including phenoxy) is 1. The van der Waals surface area contributed by atoms with E-state index in [9.17, 15) is 9.18 Å². The highest BCUT2D eigenvalue weighted by Gasteiger charge is 2.14. The lowest BCUT2D eigenvalue weighted by Crippen LogP contribution is -2.27. The highest BCUT2D eigenvalue weighted by atomic mass is 35.5. The molecule has 1 amide bonds. The second-order valence-electron chi connectivity index (χ2n) is 5.99. The van der Waals surface area contributed by atoms with Gasteiger partial charge in [0.1, 0.15) is 17.3 Å². The summed E-state index contributed by atoms with van der Waals surface area (Å²) in [4.78, 5) is 16.7. The maximum atomic E-state index is 12.8. The summed E-state index contributed by atoms with van der Waals surface area (Å²) >= 11 is 12.1. The largest absolute Gasteiger partial charge is 0.494 e. The van der Waals surface area contributed by atoms with Crippen molar-refractivity contribution in [3.05, 3.63) is 76.4 Å². The van der Waals surface area contributed by atoms with E-state index in [1.807, 2.05) is 0 Å². The van der Waals surface area contributed by atoms with Crippen LogP contribution >= 0.6 is 23.2 Å². The Kier molecular flexibility index (Phi) is 6.90. The molecule has 8 heteroatoms. The number of pyridine rings is 1. The Hall–Kier alpha value is -2.57. The summed E-state index contributed by atoms with van der Waals surface area (Å²) in [6.45, 7) is 0.987. The van der Waals surface area contributed by atoms with Crippen LogP contribution in [0.3, 0.4) is 0 Å². The van der Waals surface area contributed by atoms with Gasteiger partial charge in [-0.15, -0.1) is 0 Å². The van der Waals surface area contributed by atoms with Crippen molar-refractivity contribution in [1.29, 1.82) is 0 Å². The molecule has 5 nitrogen and oxygen atoms in total. The molecule has 0 aliphatic rings. The van der Waals surface area contributed by atoms with E-state index in [0.717, 1.165) is 12.8 Å². The summed E-state index contributed by atoms with van der Waals surface area (Å²) in [7, 11) is 0. The Morgan fingerprint density at radius 1 is 1.18 bits per heavy atom. The maximum Gasteiger partial charge on any atom is 0.268 e. The summed E-state index contributed by atoms with van der Waals surface area (Å²) < 4.78 is 20.0. The van der Waals surface area contributed by atoms with E-state index in [0.29, 0.717) is 40.5 Å². The van der Waals surface area contributed by atoms with Gasteiger partial charge in [-0.2, -0.15) is 0 Å². The van der Waals surface area contributed by atoms with Crippen molar-refractivity contribution < 1.29 is 13.9 Å². The van der Waals surface area contributed by atoms with Gasteiger partial charge in [-0.3, -0.25) is 9.36 Å².